The Labute approximate surface area is 119 Å². The average Bonchev–Trinajstić information content (AvgIpc) is 2.82. The summed E-state index contributed by atoms with van der Waals surface area (Å²) in [5, 5.41) is 8.03. The molecule has 3 nitrogen and oxygen atoms in total. The van der Waals surface area contributed by atoms with Crippen molar-refractivity contribution < 1.29 is 0 Å². The number of hydrogen-bond donors (Lipinski definition) is 1. The second kappa shape index (κ2) is 5.88. The van der Waals surface area contributed by atoms with Gasteiger partial charge in [-0.1, -0.05) is 6.92 Å². The van der Waals surface area contributed by atoms with Gasteiger partial charge in [0.05, 0.1) is 5.69 Å². The number of hydrogen-bond acceptors (Lipinski definition) is 3. The van der Waals surface area contributed by atoms with Gasteiger partial charge in [-0.3, -0.25) is 4.68 Å². The van der Waals surface area contributed by atoms with Crippen LogP contribution in [0, 0.1) is 20.8 Å². The van der Waals surface area contributed by atoms with E-state index in [2.05, 4.69) is 43.3 Å². The molecule has 2 rings (SSSR count). The number of thiophene rings is 1. The molecule has 104 valence electrons. The molecule has 0 saturated heterocycles. The van der Waals surface area contributed by atoms with E-state index < -0.39 is 0 Å². The molecular weight excluding hydrogens is 254 g/mol. The van der Waals surface area contributed by atoms with E-state index >= 15 is 0 Å². The maximum atomic E-state index is 4.43. The third-order valence-electron chi connectivity index (χ3n) is 3.49. The van der Waals surface area contributed by atoms with Gasteiger partial charge in [0.15, 0.2) is 0 Å². The Morgan fingerprint density at radius 2 is 2.05 bits per heavy atom. The lowest BCUT2D eigenvalue weighted by Crippen LogP contribution is -2.23. The molecule has 0 spiro atoms. The minimum atomic E-state index is 0.386. The van der Waals surface area contributed by atoms with Gasteiger partial charge in [-0.05, 0) is 45.0 Å². The molecule has 2 aromatic heterocycles. The Hall–Kier alpha value is -1.13. The van der Waals surface area contributed by atoms with Crippen LogP contribution in [0.25, 0.3) is 0 Å². The first kappa shape index (κ1) is 14.3. The smallest absolute Gasteiger partial charge is 0.0596 e. The van der Waals surface area contributed by atoms with E-state index in [-0.39, 0.29) is 0 Å². The fourth-order valence-electron chi connectivity index (χ4n) is 2.36. The van der Waals surface area contributed by atoms with Crippen molar-refractivity contribution in [3.8, 4) is 0 Å². The minimum Gasteiger partial charge on any atom is -0.309 e. The second-order valence-electron chi connectivity index (χ2n) is 5.10. The van der Waals surface area contributed by atoms with Crippen LogP contribution in [0.4, 0.5) is 0 Å². The quantitative estimate of drug-likeness (QED) is 0.909. The summed E-state index contributed by atoms with van der Waals surface area (Å²) in [5.41, 5.74) is 3.77. The third-order valence-corrected chi connectivity index (χ3v) is 4.76. The molecule has 2 aromatic rings. The predicted molar refractivity (Wildman–Crippen MR) is 81.9 cm³/mol. The number of likely N-dealkylation sites (N-methyl/N-ethyl adjacent to an activating group) is 1. The van der Waals surface area contributed by atoms with Crippen molar-refractivity contribution in [2.75, 3.05) is 6.54 Å². The van der Waals surface area contributed by atoms with Crippen LogP contribution < -0.4 is 5.32 Å². The van der Waals surface area contributed by atoms with Gasteiger partial charge in [-0.2, -0.15) is 5.10 Å². The highest BCUT2D eigenvalue weighted by atomic mass is 32.1. The van der Waals surface area contributed by atoms with E-state index in [1.807, 2.05) is 30.0 Å². The van der Waals surface area contributed by atoms with Crippen molar-refractivity contribution in [1.29, 1.82) is 0 Å². The van der Waals surface area contributed by atoms with E-state index in [0.717, 1.165) is 18.7 Å². The summed E-state index contributed by atoms with van der Waals surface area (Å²) in [5.74, 6) is 0. The molecule has 0 amide bonds. The lowest BCUT2D eigenvalue weighted by Gasteiger charge is -2.16. The molecule has 1 N–H and O–H groups in total. The minimum absolute atomic E-state index is 0.386. The van der Waals surface area contributed by atoms with E-state index in [0.29, 0.717) is 6.04 Å². The lowest BCUT2D eigenvalue weighted by atomic mass is 10.1. The van der Waals surface area contributed by atoms with Crippen LogP contribution in [-0.4, -0.2) is 16.3 Å². The van der Waals surface area contributed by atoms with Gasteiger partial charge in [-0.15, -0.1) is 11.3 Å². The molecular formula is C15H23N3S. The molecule has 0 aliphatic rings. The Balaban J connectivity index is 2.23. The maximum Gasteiger partial charge on any atom is 0.0596 e. The molecule has 0 aliphatic carbocycles. The van der Waals surface area contributed by atoms with E-state index in [1.165, 1.54) is 21.0 Å². The fourth-order valence-corrected chi connectivity index (χ4v) is 3.48. The molecule has 4 heteroatoms. The van der Waals surface area contributed by atoms with Gasteiger partial charge in [0.1, 0.15) is 0 Å². The Morgan fingerprint density at radius 3 is 2.53 bits per heavy atom. The maximum absolute atomic E-state index is 4.43. The number of nitrogens with zero attached hydrogens (tertiary/aromatic N) is 2. The molecule has 0 fully saturated rings. The largest absolute Gasteiger partial charge is 0.309 e. The van der Waals surface area contributed by atoms with Crippen molar-refractivity contribution >= 4 is 11.3 Å². The summed E-state index contributed by atoms with van der Waals surface area (Å²) in [6, 6.07) is 4.88. The molecule has 0 saturated carbocycles. The molecule has 0 aliphatic heterocycles. The number of aromatic nitrogens is 2. The number of aryl methyl sites for hydroxylation is 4. The molecule has 2 heterocycles. The standard InChI is InChI=1S/C15H23N3S/c1-6-16-14(15-7-10(2)12(4)19-15)9-13-8-11(3)17-18(13)5/h7-8,14,16H,6,9H2,1-5H3. The predicted octanol–water partition coefficient (Wildman–Crippen LogP) is 3.30. The van der Waals surface area contributed by atoms with E-state index in [9.17, 15) is 0 Å². The van der Waals surface area contributed by atoms with Gasteiger partial charge in [0, 0.05) is 35.0 Å². The Bertz CT molecular complexity index is 534. The molecule has 1 atom stereocenters. The van der Waals surface area contributed by atoms with Gasteiger partial charge < -0.3 is 5.32 Å². The Kier molecular flexibility index (Phi) is 4.42. The summed E-state index contributed by atoms with van der Waals surface area (Å²) in [7, 11) is 2.02. The Morgan fingerprint density at radius 1 is 1.32 bits per heavy atom. The van der Waals surface area contributed by atoms with Crippen molar-refractivity contribution in [2.45, 2.75) is 40.2 Å². The average molecular weight is 277 g/mol. The van der Waals surface area contributed by atoms with Gasteiger partial charge in [0.25, 0.3) is 0 Å². The van der Waals surface area contributed by atoms with E-state index in [4.69, 9.17) is 0 Å². The fraction of sp³-hybridized carbons (Fsp3) is 0.533. The lowest BCUT2D eigenvalue weighted by molar-refractivity contribution is 0.536. The van der Waals surface area contributed by atoms with Crippen LogP contribution in [-0.2, 0) is 13.5 Å². The molecule has 0 radical (unpaired) electrons. The molecule has 1 unspecified atom stereocenters. The normalized spacial score (nSPS) is 12.9. The first-order valence-electron chi connectivity index (χ1n) is 6.81. The summed E-state index contributed by atoms with van der Waals surface area (Å²) < 4.78 is 1.99. The van der Waals surface area contributed by atoms with Crippen LogP contribution in [0.2, 0.25) is 0 Å². The van der Waals surface area contributed by atoms with Crippen LogP contribution in [0.5, 0.6) is 0 Å². The third kappa shape index (κ3) is 3.25. The highest BCUT2D eigenvalue weighted by molar-refractivity contribution is 7.12. The first-order valence-corrected chi connectivity index (χ1v) is 7.62. The molecule has 0 aromatic carbocycles. The van der Waals surface area contributed by atoms with E-state index in [1.54, 1.807) is 0 Å². The topological polar surface area (TPSA) is 29.9 Å². The first-order chi connectivity index (χ1) is 9.01. The zero-order valence-corrected chi connectivity index (χ0v) is 13.3. The zero-order chi connectivity index (χ0) is 14.0. The van der Waals surface area contributed by atoms with Gasteiger partial charge >= 0.3 is 0 Å². The second-order valence-corrected chi connectivity index (χ2v) is 6.39. The van der Waals surface area contributed by atoms with Gasteiger partial charge in [-0.25, -0.2) is 0 Å². The summed E-state index contributed by atoms with van der Waals surface area (Å²) >= 11 is 1.90. The van der Waals surface area contributed by atoms with Crippen LogP contribution in [0.1, 0.15) is 39.7 Å². The van der Waals surface area contributed by atoms with Crippen LogP contribution in [0.3, 0.4) is 0 Å². The highest BCUT2D eigenvalue weighted by Gasteiger charge is 2.16. The van der Waals surface area contributed by atoms with Crippen LogP contribution in [0.15, 0.2) is 12.1 Å². The van der Waals surface area contributed by atoms with Crippen molar-refractivity contribution in [1.82, 2.24) is 15.1 Å². The SMILES string of the molecule is CCNC(Cc1cc(C)nn1C)c1cc(C)c(C)s1. The van der Waals surface area contributed by atoms with Crippen LogP contribution >= 0.6 is 11.3 Å². The monoisotopic (exact) mass is 277 g/mol. The summed E-state index contributed by atoms with van der Waals surface area (Å²) in [6.07, 6.45) is 0.991. The van der Waals surface area contributed by atoms with Gasteiger partial charge in [0.2, 0.25) is 0 Å². The molecule has 0 bridgehead atoms. The number of rotatable bonds is 5. The summed E-state index contributed by atoms with van der Waals surface area (Å²) in [4.78, 5) is 2.84. The number of nitrogens with one attached hydrogen (secondary N) is 1. The van der Waals surface area contributed by atoms with Crippen molar-refractivity contribution in [3.63, 3.8) is 0 Å². The molecule has 19 heavy (non-hydrogen) atoms. The highest BCUT2D eigenvalue weighted by Crippen LogP contribution is 2.28. The summed E-state index contributed by atoms with van der Waals surface area (Å²) in [6.45, 7) is 9.57. The van der Waals surface area contributed by atoms with Crippen molar-refractivity contribution in [2.24, 2.45) is 7.05 Å². The zero-order valence-electron chi connectivity index (χ0n) is 12.4. The van der Waals surface area contributed by atoms with Crippen molar-refractivity contribution in [3.05, 3.63) is 38.8 Å².